The number of carbonyl (C=O) groups excluding carboxylic acids is 2. The van der Waals surface area contributed by atoms with Crippen LogP contribution in [0.2, 0.25) is 0 Å². The third-order valence-corrected chi connectivity index (χ3v) is 6.65. The molecule has 1 heterocycles. The van der Waals surface area contributed by atoms with Gasteiger partial charge in [0.25, 0.3) is 11.8 Å². The monoisotopic (exact) mass is 523 g/mol. The van der Waals surface area contributed by atoms with Crippen molar-refractivity contribution in [3.8, 4) is 11.5 Å². The van der Waals surface area contributed by atoms with Crippen molar-refractivity contribution in [1.29, 1.82) is 0 Å². The summed E-state index contributed by atoms with van der Waals surface area (Å²) in [6.45, 7) is 3.70. The van der Waals surface area contributed by atoms with Crippen LogP contribution in [0.4, 0.5) is 8.78 Å². The summed E-state index contributed by atoms with van der Waals surface area (Å²) in [4.78, 5) is 32.0. The van der Waals surface area contributed by atoms with Crippen LogP contribution in [0.1, 0.15) is 26.3 Å². The van der Waals surface area contributed by atoms with E-state index in [1.165, 1.54) is 43.5 Å². The van der Waals surface area contributed by atoms with Gasteiger partial charge in [-0.3, -0.25) is 14.5 Å². The Hall–Kier alpha value is -3.98. The first kappa shape index (κ1) is 27.1. The highest BCUT2D eigenvalue weighted by Crippen LogP contribution is 2.26. The van der Waals surface area contributed by atoms with Crippen molar-refractivity contribution >= 4 is 11.8 Å². The number of ether oxygens (including phenoxy) is 2. The van der Waals surface area contributed by atoms with Crippen molar-refractivity contribution < 1.29 is 27.8 Å². The van der Waals surface area contributed by atoms with Crippen LogP contribution in [0.5, 0.6) is 11.5 Å². The van der Waals surface area contributed by atoms with Gasteiger partial charge < -0.3 is 19.3 Å². The molecule has 7 nitrogen and oxygen atoms in total. The Balaban J connectivity index is 1.38. The van der Waals surface area contributed by atoms with E-state index in [2.05, 4.69) is 4.90 Å². The molecule has 3 aromatic rings. The van der Waals surface area contributed by atoms with E-state index in [0.29, 0.717) is 68.4 Å². The Bertz CT molecular complexity index is 1240. The summed E-state index contributed by atoms with van der Waals surface area (Å²) in [5, 5.41) is 0. The maximum atomic E-state index is 13.4. The molecule has 0 aliphatic carbocycles. The van der Waals surface area contributed by atoms with E-state index in [-0.39, 0.29) is 17.6 Å². The van der Waals surface area contributed by atoms with Crippen LogP contribution >= 0.6 is 0 Å². The number of piperazine rings is 1. The predicted octanol–water partition coefficient (Wildman–Crippen LogP) is 4.08. The van der Waals surface area contributed by atoms with E-state index in [9.17, 15) is 18.4 Å². The maximum Gasteiger partial charge on any atom is 0.257 e. The van der Waals surface area contributed by atoms with Gasteiger partial charge >= 0.3 is 0 Å². The summed E-state index contributed by atoms with van der Waals surface area (Å²) in [6.07, 6.45) is 0. The molecule has 0 N–H and O–H groups in total. The molecule has 4 rings (SSSR count). The second-order valence-corrected chi connectivity index (χ2v) is 9.06. The number of nitrogens with zero attached hydrogens (tertiary/aromatic N) is 3. The molecule has 0 radical (unpaired) electrons. The van der Waals surface area contributed by atoms with Gasteiger partial charge in [0, 0.05) is 57.4 Å². The molecule has 0 bridgehead atoms. The predicted molar refractivity (Wildman–Crippen MR) is 139 cm³/mol. The molecular weight excluding hydrogens is 492 g/mol. The van der Waals surface area contributed by atoms with Crippen molar-refractivity contribution in [2.75, 3.05) is 53.5 Å². The largest absolute Gasteiger partial charge is 0.497 e. The summed E-state index contributed by atoms with van der Waals surface area (Å²) in [5.41, 5.74) is 1.67. The van der Waals surface area contributed by atoms with Gasteiger partial charge in [0.2, 0.25) is 0 Å². The van der Waals surface area contributed by atoms with E-state index in [0.717, 1.165) is 5.56 Å². The Morgan fingerprint density at radius 2 is 1.47 bits per heavy atom. The average molecular weight is 524 g/mol. The lowest BCUT2D eigenvalue weighted by Crippen LogP contribution is -2.50. The van der Waals surface area contributed by atoms with Crippen molar-refractivity contribution in [2.45, 2.75) is 6.54 Å². The van der Waals surface area contributed by atoms with Crippen molar-refractivity contribution in [2.24, 2.45) is 0 Å². The van der Waals surface area contributed by atoms with Crippen LogP contribution in [0.15, 0.2) is 66.7 Å². The van der Waals surface area contributed by atoms with Crippen LogP contribution in [-0.2, 0) is 6.54 Å². The Labute approximate surface area is 221 Å². The standard InChI is InChI=1S/C29H31F2N3O4/c1-37-25-11-12-26(27(19-25)38-2)29(36)33-16-13-32(14-17-33)15-18-34(20-21-3-7-23(30)8-4-21)28(35)22-5-9-24(31)10-6-22/h3-12,19H,13-18,20H2,1-2H3. The Morgan fingerprint density at radius 1 is 0.842 bits per heavy atom. The highest BCUT2D eigenvalue weighted by molar-refractivity contribution is 5.97. The lowest BCUT2D eigenvalue weighted by molar-refractivity contribution is 0.0596. The zero-order chi connectivity index (χ0) is 27.1. The van der Waals surface area contributed by atoms with E-state index in [4.69, 9.17) is 9.47 Å². The smallest absolute Gasteiger partial charge is 0.257 e. The molecule has 0 unspecified atom stereocenters. The SMILES string of the molecule is COc1ccc(C(=O)N2CCN(CCN(Cc3ccc(F)cc3)C(=O)c3ccc(F)cc3)CC2)c(OC)c1. The molecule has 0 spiro atoms. The van der Waals surface area contributed by atoms with Gasteiger partial charge in [-0.25, -0.2) is 8.78 Å². The van der Waals surface area contributed by atoms with Crippen LogP contribution < -0.4 is 9.47 Å². The molecule has 9 heteroatoms. The molecule has 3 aromatic carbocycles. The van der Waals surface area contributed by atoms with Gasteiger partial charge in [0.1, 0.15) is 23.1 Å². The van der Waals surface area contributed by atoms with Crippen molar-refractivity contribution in [3.63, 3.8) is 0 Å². The van der Waals surface area contributed by atoms with Gasteiger partial charge in [0.05, 0.1) is 19.8 Å². The fourth-order valence-corrected chi connectivity index (χ4v) is 4.42. The number of amides is 2. The van der Waals surface area contributed by atoms with Gasteiger partial charge in [0.15, 0.2) is 0 Å². The number of rotatable bonds is 9. The molecule has 1 saturated heterocycles. The Morgan fingerprint density at radius 3 is 2.08 bits per heavy atom. The zero-order valence-electron chi connectivity index (χ0n) is 21.5. The van der Waals surface area contributed by atoms with Crippen molar-refractivity contribution in [1.82, 2.24) is 14.7 Å². The molecular formula is C29H31F2N3O4. The minimum Gasteiger partial charge on any atom is -0.497 e. The quantitative estimate of drug-likeness (QED) is 0.423. The number of hydrogen-bond donors (Lipinski definition) is 0. The third kappa shape index (κ3) is 6.66. The topological polar surface area (TPSA) is 62.3 Å². The van der Waals surface area contributed by atoms with Crippen LogP contribution in [-0.4, -0.2) is 80.0 Å². The van der Waals surface area contributed by atoms with E-state index < -0.39 is 5.82 Å². The fourth-order valence-electron chi connectivity index (χ4n) is 4.42. The molecule has 1 aliphatic rings. The summed E-state index contributed by atoms with van der Waals surface area (Å²) < 4.78 is 37.4. The number of methoxy groups -OCH3 is 2. The first-order valence-electron chi connectivity index (χ1n) is 12.4. The molecule has 38 heavy (non-hydrogen) atoms. The third-order valence-electron chi connectivity index (χ3n) is 6.65. The molecule has 1 fully saturated rings. The highest BCUT2D eigenvalue weighted by Gasteiger charge is 2.25. The average Bonchev–Trinajstić information content (AvgIpc) is 2.95. The summed E-state index contributed by atoms with van der Waals surface area (Å²) >= 11 is 0. The summed E-state index contributed by atoms with van der Waals surface area (Å²) in [6, 6.07) is 16.6. The normalized spacial score (nSPS) is 13.7. The van der Waals surface area contributed by atoms with Crippen molar-refractivity contribution in [3.05, 3.63) is 95.1 Å². The van der Waals surface area contributed by atoms with Gasteiger partial charge in [-0.05, 0) is 54.1 Å². The van der Waals surface area contributed by atoms with Gasteiger partial charge in [-0.2, -0.15) is 0 Å². The highest BCUT2D eigenvalue weighted by atomic mass is 19.1. The van der Waals surface area contributed by atoms with E-state index in [1.54, 1.807) is 47.2 Å². The summed E-state index contributed by atoms with van der Waals surface area (Å²) in [7, 11) is 3.08. The summed E-state index contributed by atoms with van der Waals surface area (Å²) in [5.74, 6) is -0.00409. The minimum atomic E-state index is -0.411. The lowest BCUT2D eigenvalue weighted by atomic mass is 10.1. The molecule has 0 saturated carbocycles. The number of carbonyl (C=O) groups is 2. The molecule has 1 aliphatic heterocycles. The fraction of sp³-hybridized carbons (Fsp3) is 0.310. The molecule has 0 aromatic heterocycles. The minimum absolute atomic E-state index is 0.103. The van der Waals surface area contributed by atoms with E-state index in [1.807, 2.05) is 0 Å². The zero-order valence-corrected chi connectivity index (χ0v) is 21.5. The van der Waals surface area contributed by atoms with Crippen LogP contribution in [0, 0.1) is 11.6 Å². The maximum absolute atomic E-state index is 13.4. The van der Waals surface area contributed by atoms with Crippen LogP contribution in [0.3, 0.4) is 0 Å². The lowest BCUT2D eigenvalue weighted by Gasteiger charge is -2.36. The van der Waals surface area contributed by atoms with E-state index >= 15 is 0 Å². The Kier molecular flexibility index (Phi) is 8.91. The van der Waals surface area contributed by atoms with Gasteiger partial charge in [-0.1, -0.05) is 12.1 Å². The first-order chi connectivity index (χ1) is 18.4. The van der Waals surface area contributed by atoms with Gasteiger partial charge in [-0.15, -0.1) is 0 Å². The molecule has 0 atom stereocenters. The molecule has 200 valence electrons. The van der Waals surface area contributed by atoms with Crippen LogP contribution in [0.25, 0.3) is 0 Å². The second-order valence-electron chi connectivity index (χ2n) is 9.06. The first-order valence-corrected chi connectivity index (χ1v) is 12.4. The number of halogens is 2. The number of hydrogen-bond acceptors (Lipinski definition) is 5. The number of benzene rings is 3. The second kappa shape index (κ2) is 12.5. The molecule has 2 amide bonds.